The third kappa shape index (κ3) is 5.70. The summed E-state index contributed by atoms with van der Waals surface area (Å²) in [5.74, 6) is 2.67. The number of allylic oxidation sites excluding steroid dienone is 2. The zero-order valence-corrected chi connectivity index (χ0v) is 23.0. The molecule has 0 aliphatic carbocycles. The average Bonchev–Trinajstić information content (AvgIpc) is 3.30. The summed E-state index contributed by atoms with van der Waals surface area (Å²) in [5.41, 5.74) is 8.22. The number of hydrazine groups is 1. The van der Waals surface area contributed by atoms with Gasteiger partial charge in [-0.3, -0.25) is 15.6 Å². The summed E-state index contributed by atoms with van der Waals surface area (Å²) in [7, 11) is 1.63. The lowest BCUT2D eigenvalue weighted by Gasteiger charge is -2.37. The highest BCUT2D eigenvalue weighted by molar-refractivity contribution is 6.30. The van der Waals surface area contributed by atoms with Crippen LogP contribution in [-0.4, -0.2) is 60.6 Å². The van der Waals surface area contributed by atoms with Crippen molar-refractivity contribution in [3.05, 3.63) is 82.6 Å². The summed E-state index contributed by atoms with van der Waals surface area (Å²) < 4.78 is 11.4. The predicted molar refractivity (Wildman–Crippen MR) is 147 cm³/mol. The van der Waals surface area contributed by atoms with Gasteiger partial charge >= 0.3 is 0 Å². The van der Waals surface area contributed by atoms with Gasteiger partial charge < -0.3 is 19.3 Å². The molecule has 2 atom stereocenters. The van der Waals surface area contributed by atoms with Crippen LogP contribution in [0.15, 0.2) is 66.5 Å². The number of amides is 1. The van der Waals surface area contributed by atoms with Crippen molar-refractivity contribution >= 4 is 17.5 Å². The Hall–Kier alpha value is -3.39. The van der Waals surface area contributed by atoms with Crippen LogP contribution in [0.2, 0.25) is 5.02 Å². The van der Waals surface area contributed by atoms with E-state index in [0.29, 0.717) is 36.5 Å². The van der Waals surface area contributed by atoms with E-state index in [2.05, 4.69) is 44.7 Å². The van der Waals surface area contributed by atoms with Crippen LogP contribution in [0.5, 0.6) is 5.88 Å². The van der Waals surface area contributed by atoms with Crippen LogP contribution >= 0.6 is 11.6 Å². The normalized spacial score (nSPS) is 23.7. The molecule has 3 aliphatic rings. The zero-order valence-electron chi connectivity index (χ0n) is 22.2. The minimum absolute atomic E-state index is 0.0152. The Morgan fingerprint density at radius 3 is 2.53 bits per heavy atom. The maximum atomic E-state index is 13.8. The van der Waals surface area contributed by atoms with E-state index < -0.39 is 0 Å². The number of aryl methyl sites for hydroxylation is 1. The maximum Gasteiger partial charge on any atom is 0.225 e. The van der Waals surface area contributed by atoms with E-state index in [9.17, 15) is 4.79 Å². The molecular weight excluding hydrogens is 502 g/mol. The van der Waals surface area contributed by atoms with E-state index in [1.807, 2.05) is 49.5 Å². The Labute approximate surface area is 229 Å². The minimum atomic E-state index is -0.259. The quantitative estimate of drug-likeness (QED) is 0.548. The highest BCUT2D eigenvalue weighted by atomic mass is 35.5. The largest absolute Gasteiger partial charge is 0.481 e. The Morgan fingerprint density at radius 1 is 1.13 bits per heavy atom. The van der Waals surface area contributed by atoms with Gasteiger partial charge in [0.05, 0.1) is 13.7 Å². The Bertz CT molecular complexity index is 1190. The maximum absolute atomic E-state index is 13.8. The number of aromatic nitrogens is 1. The van der Waals surface area contributed by atoms with Crippen molar-refractivity contribution in [2.24, 2.45) is 11.3 Å². The van der Waals surface area contributed by atoms with Gasteiger partial charge in [-0.05, 0) is 49.1 Å². The van der Waals surface area contributed by atoms with E-state index in [4.69, 9.17) is 21.1 Å². The molecule has 9 heteroatoms. The number of benzene rings is 1. The number of piperidine rings is 1. The van der Waals surface area contributed by atoms with Crippen LogP contribution in [0, 0.1) is 18.3 Å². The number of carbonyl (C=O) groups excluding carboxylic acids is 1. The molecule has 2 N–H and O–H groups in total. The summed E-state index contributed by atoms with van der Waals surface area (Å²) >= 11 is 6.18. The Kier molecular flexibility index (Phi) is 7.70. The Balaban J connectivity index is 1.26. The third-order valence-corrected chi connectivity index (χ3v) is 8.18. The molecule has 2 saturated heterocycles. The van der Waals surface area contributed by atoms with Crippen molar-refractivity contribution in [1.29, 1.82) is 0 Å². The van der Waals surface area contributed by atoms with Crippen molar-refractivity contribution < 1.29 is 14.3 Å². The molecule has 0 radical (unpaired) electrons. The second-order valence-corrected chi connectivity index (χ2v) is 11.2. The molecule has 0 unspecified atom stereocenters. The number of nitrogens with zero attached hydrogens (tertiary/aromatic N) is 3. The SMILES string of the molecule is COC1=CC=C(N2CCC(C(=O)N3C[C@H](c4ccc(Cl)cc4)[C@@](C)(COc4ccc(C)cn4)C3)CC2)NN1. The molecule has 8 nitrogen and oxygen atoms in total. The van der Waals surface area contributed by atoms with Gasteiger partial charge in [0.2, 0.25) is 17.7 Å². The lowest BCUT2D eigenvalue weighted by Crippen LogP contribution is -2.47. The lowest BCUT2D eigenvalue weighted by atomic mass is 9.77. The van der Waals surface area contributed by atoms with Gasteiger partial charge in [-0.15, -0.1) is 0 Å². The molecule has 2 aromatic rings. The number of carbonyl (C=O) groups is 1. The molecule has 38 heavy (non-hydrogen) atoms. The second kappa shape index (κ2) is 11.2. The summed E-state index contributed by atoms with van der Waals surface area (Å²) in [6.45, 7) is 7.65. The van der Waals surface area contributed by atoms with Crippen LogP contribution < -0.4 is 15.6 Å². The molecule has 1 aromatic heterocycles. The van der Waals surface area contributed by atoms with E-state index in [1.54, 1.807) is 7.11 Å². The molecular formula is C29H36ClN5O3. The molecule has 1 amide bonds. The summed E-state index contributed by atoms with van der Waals surface area (Å²) in [5, 5.41) is 0.708. The van der Waals surface area contributed by atoms with Crippen molar-refractivity contribution in [3.8, 4) is 5.88 Å². The van der Waals surface area contributed by atoms with E-state index >= 15 is 0 Å². The number of likely N-dealkylation sites (tertiary alicyclic amines) is 2. The lowest BCUT2D eigenvalue weighted by molar-refractivity contribution is -0.136. The van der Waals surface area contributed by atoms with Gasteiger partial charge in [0.1, 0.15) is 5.82 Å². The number of rotatable bonds is 7. The molecule has 3 aliphatic heterocycles. The second-order valence-electron chi connectivity index (χ2n) is 10.7. The first-order valence-corrected chi connectivity index (χ1v) is 13.5. The third-order valence-electron chi connectivity index (χ3n) is 7.93. The monoisotopic (exact) mass is 537 g/mol. The van der Waals surface area contributed by atoms with Crippen LogP contribution in [-0.2, 0) is 9.53 Å². The fourth-order valence-corrected chi connectivity index (χ4v) is 5.77. The number of pyridine rings is 1. The number of halogens is 1. The highest BCUT2D eigenvalue weighted by Gasteiger charge is 2.47. The van der Waals surface area contributed by atoms with Gasteiger partial charge in [0, 0.05) is 66.8 Å². The fraction of sp³-hybridized carbons (Fsp3) is 0.448. The molecule has 2 fully saturated rings. The number of hydrogen-bond acceptors (Lipinski definition) is 7. The summed E-state index contributed by atoms with van der Waals surface area (Å²) in [6, 6.07) is 11.9. The van der Waals surface area contributed by atoms with Crippen molar-refractivity contribution in [2.45, 2.75) is 32.6 Å². The van der Waals surface area contributed by atoms with E-state index in [1.165, 1.54) is 5.56 Å². The van der Waals surface area contributed by atoms with Crippen LogP contribution in [0.25, 0.3) is 0 Å². The number of hydrogen-bond donors (Lipinski definition) is 2. The summed E-state index contributed by atoms with van der Waals surface area (Å²) in [4.78, 5) is 22.5. The molecule has 5 rings (SSSR count). The number of ether oxygens (including phenoxy) is 2. The minimum Gasteiger partial charge on any atom is -0.481 e. The highest BCUT2D eigenvalue weighted by Crippen LogP contribution is 2.44. The standard InChI is InChI=1S/C29H36ClN5O3/c1-20-4-10-26(31-16-20)38-19-29(2)18-35(17-24(29)21-5-7-23(30)8-6-21)28(36)22-12-14-34(15-13-22)25-9-11-27(37-3)33-32-25/h4-11,16,22,24,32-33H,12-15,17-19H2,1-3H3/t24-,29-/m1/s1. The van der Waals surface area contributed by atoms with Gasteiger partial charge in [-0.2, -0.15) is 0 Å². The number of nitrogens with one attached hydrogen (secondary N) is 2. The van der Waals surface area contributed by atoms with Crippen molar-refractivity contribution in [3.63, 3.8) is 0 Å². The van der Waals surface area contributed by atoms with Gasteiger partial charge in [0.15, 0.2) is 0 Å². The predicted octanol–water partition coefficient (Wildman–Crippen LogP) is 4.20. The molecule has 4 heterocycles. The smallest absolute Gasteiger partial charge is 0.225 e. The number of methoxy groups -OCH3 is 1. The van der Waals surface area contributed by atoms with Crippen LogP contribution in [0.1, 0.15) is 36.8 Å². The molecule has 202 valence electrons. The zero-order chi connectivity index (χ0) is 26.7. The first-order chi connectivity index (χ1) is 18.3. The van der Waals surface area contributed by atoms with Crippen molar-refractivity contribution in [1.82, 2.24) is 25.6 Å². The molecule has 0 spiro atoms. The molecule has 0 bridgehead atoms. The average molecular weight is 538 g/mol. The first-order valence-electron chi connectivity index (χ1n) is 13.2. The van der Waals surface area contributed by atoms with E-state index in [0.717, 1.165) is 37.3 Å². The Morgan fingerprint density at radius 2 is 1.89 bits per heavy atom. The molecule has 1 aromatic carbocycles. The summed E-state index contributed by atoms with van der Waals surface area (Å²) in [6.07, 6.45) is 7.36. The molecule has 0 saturated carbocycles. The van der Waals surface area contributed by atoms with Gasteiger partial charge in [-0.1, -0.05) is 36.7 Å². The fourth-order valence-electron chi connectivity index (χ4n) is 5.64. The van der Waals surface area contributed by atoms with Crippen molar-refractivity contribution in [2.75, 3.05) is 39.9 Å². The van der Waals surface area contributed by atoms with Crippen LogP contribution in [0.4, 0.5) is 0 Å². The van der Waals surface area contributed by atoms with E-state index in [-0.39, 0.29) is 23.2 Å². The first kappa shape index (κ1) is 26.2. The van der Waals surface area contributed by atoms with Gasteiger partial charge in [0.25, 0.3) is 0 Å². The van der Waals surface area contributed by atoms with Gasteiger partial charge in [-0.25, -0.2) is 4.98 Å². The topological polar surface area (TPSA) is 79.0 Å². The van der Waals surface area contributed by atoms with Crippen LogP contribution in [0.3, 0.4) is 0 Å².